The zero-order chi connectivity index (χ0) is 16.2. The van der Waals surface area contributed by atoms with Crippen molar-refractivity contribution >= 4 is 12.0 Å². The molecular formula is C17H24N2O3. The van der Waals surface area contributed by atoms with Gasteiger partial charge in [0.15, 0.2) is 0 Å². The number of carbonyl (C=O) groups excluding carboxylic acids is 2. The minimum Gasteiger partial charge on any atom is -0.444 e. The first-order valence-corrected chi connectivity index (χ1v) is 7.70. The fraction of sp³-hybridized carbons (Fsp3) is 0.529. The molecule has 1 aliphatic rings. The molecule has 1 aliphatic heterocycles. The topological polar surface area (TPSA) is 58.6 Å². The summed E-state index contributed by atoms with van der Waals surface area (Å²) >= 11 is 0. The molecule has 0 aliphatic carbocycles. The molecule has 1 aromatic carbocycles. The lowest BCUT2D eigenvalue weighted by molar-refractivity contribution is 0.0523. The van der Waals surface area contributed by atoms with Crippen LogP contribution in [0.3, 0.4) is 0 Å². The fourth-order valence-electron chi connectivity index (χ4n) is 2.36. The summed E-state index contributed by atoms with van der Waals surface area (Å²) in [5.41, 5.74) is 1.13. The van der Waals surface area contributed by atoms with Crippen LogP contribution in [0.2, 0.25) is 0 Å². The van der Waals surface area contributed by atoms with E-state index >= 15 is 0 Å². The third-order valence-corrected chi connectivity index (χ3v) is 3.43. The lowest BCUT2D eigenvalue weighted by Gasteiger charge is -2.19. The maximum absolute atomic E-state index is 12.2. The molecule has 0 spiro atoms. The molecule has 0 saturated carbocycles. The average Bonchev–Trinajstić information content (AvgIpc) is 2.97. The molecular weight excluding hydrogens is 280 g/mol. The number of hydrogen-bond acceptors (Lipinski definition) is 3. The maximum atomic E-state index is 12.2. The smallest absolute Gasteiger partial charge is 0.407 e. The predicted octanol–water partition coefficient (Wildman–Crippen LogP) is 2.95. The molecule has 0 aromatic heterocycles. The summed E-state index contributed by atoms with van der Waals surface area (Å²) in [4.78, 5) is 25.7. The van der Waals surface area contributed by atoms with Crippen LogP contribution in [0.1, 0.15) is 49.5 Å². The summed E-state index contributed by atoms with van der Waals surface area (Å²) in [5.74, 6) is 0.0872. The van der Waals surface area contributed by atoms with Crippen molar-refractivity contribution in [1.29, 1.82) is 0 Å². The Labute approximate surface area is 131 Å². The Balaban J connectivity index is 1.86. The van der Waals surface area contributed by atoms with E-state index in [0.717, 1.165) is 31.5 Å². The SMILES string of the molecule is CC(C)(C)OC(=O)NCc1ccc(C(=O)N2CCCC2)cc1. The van der Waals surface area contributed by atoms with Crippen LogP contribution in [-0.2, 0) is 11.3 Å². The first-order valence-electron chi connectivity index (χ1n) is 7.70. The van der Waals surface area contributed by atoms with Gasteiger partial charge in [0.25, 0.3) is 5.91 Å². The zero-order valence-electron chi connectivity index (χ0n) is 13.5. The van der Waals surface area contributed by atoms with Crippen LogP contribution in [-0.4, -0.2) is 35.6 Å². The highest BCUT2D eigenvalue weighted by atomic mass is 16.6. The summed E-state index contributed by atoms with van der Waals surface area (Å²) in [5, 5.41) is 2.70. The number of likely N-dealkylation sites (tertiary alicyclic amines) is 1. The first kappa shape index (κ1) is 16.3. The predicted molar refractivity (Wildman–Crippen MR) is 84.7 cm³/mol. The molecule has 1 aromatic rings. The number of ether oxygens (including phenoxy) is 1. The van der Waals surface area contributed by atoms with E-state index < -0.39 is 11.7 Å². The van der Waals surface area contributed by atoms with Gasteiger partial charge in [-0.2, -0.15) is 0 Å². The van der Waals surface area contributed by atoms with Crippen LogP contribution >= 0.6 is 0 Å². The van der Waals surface area contributed by atoms with Crippen LogP contribution in [0.25, 0.3) is 0 Å². The Morgan fingerprint density at radius 1 is 1.14 bits per heavy atom. The molecule has 2 rings (SSSR count). The van der Waals surface area contributed by atoms with Gasteiger partial charge in [-0.3, -0.25) is 4.79 Å². The fourth-order valence-corrected chi connectivity index (χ4v) is 2.36. The van der Waals surface area contributed by atoms with E-state index in [1.807, 2.05) is 49.9 Å². The van der Waals surface area contributed by atoms with Gasteiger partial charge in [-0.05, 0) is 51.3 Å². The standard InChI is InChI=1S/C17H24N2O3/c1-17(2,3)22-16(21)18-12-13-6-8-14(9-7-13)15(20)19-10-4-5-11-19/h6-9H,4-5,10-12H2,1-3H3,(H,18,21). The lowest BCUT2D eigenvalue weighted by Crippen LogP contribution is -2.32. The molecule has 5 heteroatoms. The Morgan fingerprint density at radius 2 is 1.73 bits per heavy atom. The molecule has 120 valence electrons. The Kier molecular flexibility index (Phi) is 5.06. The molecule has 1 heterocycles. The summed E-state index contributed by atoms with van der Waals surface area (Å²) in [6, 6.07) is 7.35. The minimum absolute atomic E-state index is 0.0872. The van der Waals surface area contributed by atoms with Gasteiger partial charge in [0, 0.05) is 25.2 Å². The van der Waals surface area contributed by atoms with Crippen LogP contribution in [0, 0.1) is 0 Å². The van der Waals surface area contributed by atoms with E-state index in [1.165, 1.54) is 0 Å². The van der Waals surface area contributed by atoms with Gasteiger partial charge in [0.2, 0.25) is 0 Å². The second-order valence-corrected chi connectivity index (χ2v) is 6.55. The van der Waals surface area contributed by atoms with Crippen molar-refractivity contribution < 1.29 is 14.3 Å². The maximum Gasteiger partial charge on any atom is 0.407 e. The van der Waals surface area contributed by atoms with Crippen molar-refractivity contribution in [2.45, 2.75) is 45.8 Å². The largest absolute Gasteiger partial charge is 0.444 e. The molecule has 0 unspecified atom stereocenters. The third kappa shape index (κ3) is 4.76. The Morgan fingerprint density at radius 3 is 2.27 bits per heavy atom. The number of amides is 2. The Hall–Kier alpha value is -2.04. The molecule has 0 atom stereocenters. The van der Waals surface area contributed by atoms with Crippen molar-refractivity contribution in [2.75, 3.05) is 13.1 Å². The van der Waals surface area contributed by atoms with Crippen LogP contribution in [0.15, 0.2) is 24.3 Å². The van der Waals surface area contributed by atoms with E-state index in [0.29, 0.717) is 12.1 Å². The van der Waals surface area contributed by atoms with E-state index in [-0.39, 0.29) is 5.91 Å². The number of carbonyl (C=O) groups is 2. The first-order chi connectivity index (χ1) is 10.3. The number of alkyl carbamates (subject to hydrolysis) is 1. The van der Waals surface area contributed by atoms with Gasteiger partial charge in [0.05, 0.1) is 0 Å². The third-order valence-electron chi connectivity index (χ3n) is 3.43. The van der Waals surface area contributed by atoms with Crippen molar-refractivity contribution in [1.82, 2.24) is 10.2 Å². The van der Waals surface area contributed by atoms with Gasteiger partial charge in [0.1, 0.15) is 5.60 Å². The van der Waals surface area contributed by atoms with Crippen LogP contribution in [0.5, 0.6) is 0 Å². The zero-order valence-corrected chi connectivity index (χ0v) is 13.5. The molecule has 22 heavy (non-hydrogen) atoms. The van der Waals surface area contributed by atoms with E-state index in [4.69, 9.17) is 4.74 Å². The van der Waals surface area contributed by atoms with Crippen LogP contribution < -0.4 is 5.32 Å². The lowest BCUT2D eigenvalue weighted by atomic mass is 10.1. The second kappa shape index (κ2) is 6.81. The van der Waals surface area contributed by atoms with Crippen LogP contribution in [0.4, 0.5) is 4.79 Å². The van der Waals surface area contributed by atoms with Gasteiger partial charge in [-0.1, -0.05) is 12.1 Å². The highest BCUT2D eigenvalue weighted by Gasteiger charge is 2.19. The monoisotopic (exact) mass is 304 g/mol. The molecule has 0 bridgehead atoms. The summed E-state index contributed by atoms with van der Waals surface area (Å²) in [6.07, 6.45) is 1.73. The van der Waals surface area contributed by atoms with Crippen molar-refractivity contribution in [3.63, 3.8) is 0 Å². The molecule has 1 fully saturated rings. The molecule has 2 amide bonds. The highest BCUT2D eigenvalue weighted by Crippen LogP contribution is 2.14. The highest BCUT2D eigenvalue weighted by molar-refractivity contribution is 5.94. The summed E-state index contributed by atoms with van der Waals surface area (Å²) < 4.78 is 5.18. The molecule has 1 saturated heterocycles. The second-order valence-electron chi connectivity index (χ2n) is 6.55. The normalized spacial score (nSPS) is 14.8. The number of rotatable bonds is 3. The quantitative estimate of drug-likeness (QED) is 0.934. The van der Waals surface area contributed by atoms with Gasteiger partial charge in [-0.15, -0.1) is 0 Å². The van der Waals surface area contributed by atoms with E-state index in [1.54, 1.807) is 0 Å². The molecule has 1 N–H and O–H groups in total. The van der Waals surface area contributed by atoms with Crippen molar-refractivity contribution in [3.05, 3.63) is 35.4 Å². The van der Waals surface area contributed by atoms with E-state index in [2.05, 4.69) is 5.32 Å². The van der Waals surface area contributed by atoms with Gasteiger partial charge >= 0.3 is 6.09 Å². The Bertz CT molecular complexity index is 526. The number of nitrogens with one attached hydrogen (secondary N) is 1. The van der Waals surface area contributed by atoms with Crippen molar-refractivity contribution in [3.8, 4) is 0 Å². The number of nitrogens with zero attached hydrogens (tertiary/aromatic N) is 1. The number of benzene rings is 1. The average molecular weight is 304 g/mol. The number of hydrogen-bond donors (Lipinski definition) is 1. The summed E-state index contributed by atoms with van der Waals surface area (Å²) in [6.45, 7) is 7.55. The van der Waals surface area contributed by atoms with E-state index in [9.17, 15) is 9.59 Å². The summed E-state index contributed by atoms with van der Waals surface area (Å²) in [7, 11) is 0. The van der Waals surface area contributed by atoms with Crippen molar-refractivity contribution in [2.24, 2.45) is 0 Å². The molecule has 5 nitrogen and oxygen atoms in total. The minimum atomic E-state index is -0.504. The molecule has 0 radical (unpaired) electrons. The van der Waals surface area contributed by atoms with Gasteiger partial charge < -0.3 is 15.0 Å². The van der Waals surface area contributed by atoms with Gasteiger partial charge in [-0.25, -0.2) is 4.79 Å².